The predicted octanol–water partition coefficient (Wildman–Crippen LogP) is 1.84. The van der Waals surface area contributed by atoms with Gasteiger partial charge in [-0.25, -0.2) is 4.58 Å². The summed E-state index contributed by atoms with van der Waals surface area (Å²) in [4.78, 5) is 0. The van der Waals surface area contributed by atoms with E-state index in [4.69, 9.17) is 13.3 Å². The molecule has 0 N–H and O–H groups in total. The first-order valence-electron chi connectivity index (χ1n) is 6.48. The molecule has 1 rings (SSSR count). The first kappa shape index (κ1) is 14.8. The van der Waals surface area contributed by atoms with E-state index < -0.39 is 8.80 Å². The summed E-state index contributed by atoms with van der Waals surface area (Å²) >= 11 is 0. The van der Waals surface area contributed by atoms with Crippen LogP contribution in [0, 0.1) is 0 Å². The van der Waals surface area contributed by atoms with Crippen molar-refractivity contribution in [3.63, 3.8) is 0 Å². The van der Waals surface area contributed by atoms with Gasteiger partial charge in [0.05, 0.1) is 6.42 Å². The molecule has 17 heavy (non-hydrogen) atoms. The van der Waals surface area contributed by atoms with E-state index in [1.54, 1.807) is 21.3 Å². The summed E-state index contributed by atoms with van der Waals surface area (Å²) in [5.41, 5.74) is 0.309. The van der Waals surface area contributed by atoms with Crippen LogP contribution in [-0.2, 0) is 13.3 Å². The average Bonchev–Trinajstić information content (AvgIpc) is 2.34. The second-order valence-electron chi connectivity index (χ2n) is 4.44. The highest BCUT2D eigenvalue weighted by atomic mass is 28.4. The lowest BCUT2D eigenvalue weighted by Gasteiger charge is -2.34. The molecule has 0 amide bonds. The fourth-order valence-electron chi connectivity index (χ4n) is 2.32. The van der Waals surface area contributed by atoms with Gasteiger partial charge in [0.15, 0.2) is 0 Å². The molecule has 0 radical (unpaired) electrons. The molecule has 0 aliphatic carbocycles. The highest BCUT2D eigenvalue weighted by Gasteiger charge is 2.59. The van der Waals surface area contributed by atoms with Gasteiger partial charge in [-0.3, -0.25) is 0 Å². The van der Waals surface area contributed by atoms with E-state index in [1.807, 2.05) is 0 Å². The largest absolute Gasteiger partial charge is 0.572 e. The van der Waals surface area contributed by atoms with Gasteiger partial charge in [0.1, 0.15) is 12.8 Å². The van der Waals surface area contributed by atoms with Crippen LogP contribution in [0.1, 0.15) is 39.0 Å². The van der Waals surface area contributed by atoms with Crippen molar-refractivity contribution in [3.05, 3.63) is 0 Å². The van der Waals surface area contributed by atoms with Crippen LogP contribution >= 0.6 is 0 Å². The summed E-state index contributed by atoms with van der Waals surface area (Å²) in [5.74, 6) is 0. The van der Waals surface area contributed by atoms with Gasteiger partial charge in [0.2, 0.25) is 5.67 Å². The van der Waals surface area contributed by atoms with Crippen LogP contribution in [0.5, 0.6) is 0 Å². The van der Waals surface area contributed by atoms with Gasteiger partial charge in [-0.05, 0) is 6.42 Å². The minimum Gasteiger partial charge on any atom is -0.373 e. The Kier molecular flexibility index (Phi) is 6.33. The third kappa shape index (κ3) is 3.37. The molecule has 0 bridgehead atoms. The number of unbranched alkanes of at least 4 members (excludes halogenated alkanes) is 3. The number of hydrogen-bond acceptors (Lipinski definition) is 3. The lowest BCUT2D eigenvalue weighted by molar-refractivity contribution is -0.608. The zero-order valence-corrected chi connectivity index (χ0v) is 12.6. The Morgan fingerprint density at radius 1 is 1.18 bits per heavy atom. The first-order chi connectivity index (χ1) is 8.24. The Balaban J connectivity index is 2.54. The van der Waals surface area contributed by atoms with Crippen molar-refractivity contribution < 1.29 is 17.9 Å². The molecule has 1 unspecified atom stereocenters. The van der Waals surface area contributed by atoms with E-state index >= 15 is 0 Å². The molecular weight excluding hydrogens is 234 g/mol. The van der Waals surface area contributed by atoms with E-state index in [9.17, 15) is 0 Å². The molecule has 1 saturated heterocycles. The van der Waals surface area contributed by atoms with Crippen LogP contribution in [0.3, 0.4) is 0 Å². The van der Waals surface area contributed by atoms with Gasteiger partial charge in [-0.15, -0.1) is 0 Å². The molecule has 0 aromatic heterocycles. The van der Waals surface area contributed by atoms with Crippen LogP contribution in [0.4, 0.5) is 0 Å². The molecule has 1 fully saturated rings. The minimum atomic E-state index is -2.47. The Bertz CT molecular complexity index is 246. The molecule has 1 aliphatic heterocycles. The number of rotatable bonds is 8. The molecule has 0 aromatic rings. The van der Waals surface area contributed by atoms with Gasteiger partial charge < -0.3 is 13.3 Å². The van der Waals surface area contributed by atoms with Crippen molar-refractivity contribution >= 4 is 15.0 Å². The normalized spacial score (nSPS) is 22.8. The lowest BCUT2D eigenvalue weighted by Crippen LogP contribution is -2.64. The van der Waals surface area contributed by atoms with Crippen LogP contribution in [-0.4, -0.2) is 53.1 Å². The first-order valence-corrected chi connectivity index (χ1v) is 8.28. The maximum atomic E-state index is 5.53. The third-order valence-corrected chi connectivity index (χ3v) is 6.64. The molecule has 100 valence electrons. The zero-order valence-electron chi connectivity index (χ0n) is 11.6. The highest BCUT2D eigenvalue weighted by molar-refractivity contribution is 6.62. The quantitative estimate of drug-likeness (QED) is 0.379. The van der Waals surface area contributed by atoms with Crippen molar-refractivity contribution in [2.45, 2.75) is 44.7 Å². The standard InChI is InChI=1S/C12H26NO3Si/c1-5-6-7-8-10-13-11-9-12(13)17(14-2,15-3)16-4/h10,12H,5-9,11H2,1-4H3/q+1/b13-10+. The van der Waals surface area contributed by atoms with Crippen molar-refractivity contribution in [3.8, 4) is 0 Å². The monoisotopic (exact) mass is 260 g/mol. The molecule has 0 aromatic carbocycles. The summed E-state index contributed by atoms with van der Waals surface area (Å²) in [7, 11) is 2.59. The Labute approximate surface area is 106 Å². The summed E-state index contributed by atoms with van der Waals surface area (Å²) in [5, 5.41) is 0. The van der Waals surface area contributed by atoms with E-state index in [-0.39, 0.29) is 0 Å². The molecule has 0 saturated carbocycles. The van der Waals surface area contributed by atoms with Crippen LogP contribution in [0.15, 0.2) is 0 Å². The summed E-state index contributed by atoms with van der Waals surface area (Å²) < 4.78 is 18.9. The van der Waals surface area contributed by atoms with Gasteiger partial charge in [0.25, 0.3) is 0 Å². The Hall–Kier alpha value is -0.233. The predicted molar refractivity (Wildman–Crippen MR) is 70.5 cm³/mol. The van der Waals surface area contributed by atoms with Gasteiger partial charge in [-0.1, -0.05) is 19.8 Å². The fraction of sp³-hybridized carbons (Fsp3) is 0.917. The van der Waals surface area contributed by atoms with Gasteiger partial charge in [0, 0.05) is 27.8 Å². The van der Waals surface area contributed by atoms with E-state index in [2.05, 4.69) is 17.7 Å². The Morgan fingerprint density at radius 3 is 2.24 bits per heavy atom. The fourth-order valence-corrected chi connectivity index (χ4v) is 4.75. The molecular formula is C12H26NO3Si+. The third-order valence-electron chi connectivity index (χ3n) is 3.49. The molecule has 5 heteroatoms. The molecule has 0 spiro atoms. The Morgan fingerprint density at radius 2 is 1.82 bits per heavy atom. The van der Waals surface area contributed by atoms with Gasteiger partial charge >= 0.3 is 8.80 Å². The van der Waals surface area contributed by atoms with Crippen molar-refractivity contribution in [1.82, 2.24) is 0 Å². The van der Waals surface area contributed by atoms with Crippen molar-refractivity contribution in [2.24, 2.45) is 0 Å². The summed E-state index contributed by atoms with van der Waals surface area (Å²) in [6.07, 6.45) is 8.38. The number of nitrogens with zero attached hydrogens (tertiary/aromatic N) is 1. The molecule has 1 aliphatic rings. The van der Waals surface area contributed by atoms with Gasteiger partial charge in [-0.2, -0.15) is 0 Å². The maximum absolute atomic E-state index is 5.53. The maximum Gasteiger partial charge on any atom is 0.572 e. The smallest absolute Gasteiger partial charge is 0.373 e. The highest BCUT2D eigenvalue weighted by Crippen LogP contribution is 2.24. The molecule has 4 nitrogen and oxygen atoms in total. The van der Waals surface area contributed by atoms with Crippen molar-refractivity contribution in [2.75, 3.05) is 27.9 Å². The minimum absolute atomic E-state index is 0.309. The number of hydrogen-bond donors (Lipinski definition) is 0. The van der Waals surface area contributed by atoms with E-state index in [0.29, 0.717) is 5.67 Å². The molecule has 1 heterocycles. The zero-order chi connectivity index (χ0) is 12.7. The van der Waals surface area contributed by atoms with E-state index in [1.165, 1.54) is 19.3 Å². The van der Waals surface area contributed by atoms with Crippen LogP contribution < -0.4 is 0 Å². The second kappa shape index (κ2) is 7.26. The average molecular weight is 260 g/mol. The summed E-state index contributed by atoms with van der Waals surface area (Å²) in [6, 6.07) is 0. The van der Waals surface area contributed by atoms with Crippen molar-refractivity contribution in [1.29, 1.82) is 0 Å². The van der Waals surface area contributed by atoms with Crippen LogP contribution in [0.25, 0.3) is 0 Å². The lowest BCUT2D eigenvalue weighted by atomic mass is 10.2. The summed E-state index contributed by atoms with van der Waals surface area (Å²) in [6.45, 7) is 3.33. The van der Waals surface area contributed by atoms with Crippen LogP contribution in [0.2, 0.25) is 0 Å². The topological polar surface area (TPSA) is 30.7 Å². The van der Waals surface area contributed by atoms with E-state index in [0.717, 1.165) is 19.4 Å². The molecule has 1 atom stereocenters. The SMILES string of the molecule is CCCCC/C=[N+]1\CCC1[Si](OC)(OC)OC. The second-order valence-corrected chi connectivity index (χ2v) is 7.53.